The van der Waals surface area contributed by atoms with Gasteiger partial charge >= 0.3 is 12.2 Å². The van der Waals surface area contributed by atoms with E-state index in [1.807, 2.05) is 30.3 Å². The first kappa shape index (κ1) is 18.2. The zero-order valence-corrected chi connectivity index (χ0v) is 14.9. The summed E-state index contributed by atoms with van der Waals surface area (Å²) in [5, 5.41) is 0. The van der Waals surface area contributed by atoms with Crippen LogP contribution >= 0.6 is 0 Å². The fourth-order valence-corrected chi connectivity index (χ4v) is 3.51. The molecule has 140 valence electrons. The Morgan fingerprint density at radius 3 is 2.69 bits per heavy atom. The van der Waals surface area contributed by atoms with Crippen molar-refractivity contribution >= 4 is 18.1 Å². The zero-order valence-electron chi connectivity index (χ0n) is 14.9. The fraction of sp³-hybridized carbons (Fsp3) is 0.526. The Morgan fingerprint density at radius 2 is 2.00 bits per heavy atom. The van der Waals surface area contributed by atoms with E-state index in [9.17, 15) is 14.4 Å². The van der Waals surface area contributed by atoms with E-state index in [1.54, 1.807) is 11.8 Å². The van der Waals surface area contributed by atoms with Crippen LogP contribution in [-0.2, 0) is 20.9 Å². The molecule has 0 aromatic heterocycles. The summed E-state index contributed by atoms with van der Waals surface area (Å²) in [4.78, 5) is 39.7. The molecule has 0 spiro atoms. The van der Waals surface area contributed by atoms with Gasteiger partial charge in [-0.3, -0.25) is 4.79 Å². The number of cyclic esters (lactones) is 1. The molecule has 2 aliphatic rings. The molecule has 2 fully saturated rings. The third-order valence-corrected chi connectivity index (χ3v) is 4.98. The van der Waals surface area contributed by atoms with Crippen LogP contribution in [0.4, 0.5) is 9.59 Å². The first-order valence-corrected chi connectivity index (χ1v) is 9.03. The molecular formula is C19H24N2O5. The first-order chi connectivity index (χ1) is 12.6. The Labute approximate surface area is 152 Å². The Bertz CT molecular complexity index is 663. The Hall–Kier alpha value is -2.57. The Balaban J connectivity index is 1.63. The number of imide groups is 1. The average molecular weight is 360 g/mol. The van der Waals surface area contributed by atoms with Gasteiger partial charge in [-0.15, -0.1) is 0 Å². The summed E-state index contributed by atoms with van der Waals surface area (Å²) in [5.74, 6) is -0.773. The number of ether oxygens (including phenoxy) is 2. The number of benzene rings is 1. The number of hydrogen-bond acceptors (Lipinski definition) is 5. The number of amides is 3. The molecule has 2 atom stereocenters. The number of piperidine rings is 1. The van der Waals surface area contributed by atoms with Crippen LogP contribution in [0.2, 0.25) is 0 Å². The van der Waals surface area contributed by atoms with E-state index < -0.39 is 18.1 Å². The van der Waals surface area contributed by atoms with Crippen molar-refractivity contribution in [2.45, 2.75) is 38.8 Å². The normalized spacial score (nSPS) is 21.3. The molecule has 0 aliphatic carbocycles. The van der Waals surface area contributed by atoms with Gasteiger partial charge in [0.25, 0.3) is 0 Å². The Kier molecular flexibility index (Phi) is 5.75. The summed E-state index contributed by atoms with van der Waals surface area (Å²) < 4.78 is 10.3. The number of nitrogens with zero attached hydrogens (tertiary/aromatic N) is 2. The standard InChI is InChI=1S/C19H24N2O5/c1-14(17(22)21-11-12-25-19(21)24)16-9-5-6-10-20(16)18(23)26-13-15-7-3-2-4-8-15/h2-4,7-8,14,16H,5-6,9-13H2,1H3/t14-,16-/m0/s1. The highest BCUT2D eigenvalue weighted by atomic mass is 16.6. The van der Waals surface area contributed by atoms with Gasteiger partial charge in [0.05, 0.1) is 12.5 Å². The smallest absolute Gasteiger partial charge is 0.416 e. The van der Waals surface area contributed by atoms with Crippen molar-refractivity contribution in [2.75, 3.05) is 19.7 Å². The topological polar surface area (TPSA) is 76.2 Å². The molecule has 7 heteroatoms. The van der Waals surface area contributed by atoms with Crippen molar-refractivity contribution in [3.63, 3.8) is 0 Å². The molecule has 1 aromatic rings. The van der Waals surface area contributed by atoms with Crippen molar-refractivity contribution in [2.24, 2.45) is 5.92 Å². The molecule has 0 bridgehead atoms. The second-order valence-electron chi connectivity index (χ2n) is 6.69. The first-order valence-electron chi connectivity index (χ1n) is 9.03. The van der Waals surface area contributed by atoms with Gasteiger partial charge in [0.2, 0.25) is 5.91 Å². The largest absolute Gasteiger partial charge is 0.447 e. The van der Waals surface area contributed by atoms with Crippen LogP contribution in [-0.4, -0.2) is 53.6 Å². The van der Waals surface area contributed by atoms with Crippen LogP contribution in [0.25, 0.3) is 0 Å². The lowest BCUT2D eigenvalue weighted by Gasteiger charge is -2.38. The summed E-state index contributed by atoms with van der Waals surface area (Å²) in [6, 6.07) is 9.21. The van der Waals surface area contributed by atoms with Gasteiger partial charge in [0.1, 0.15) is 13.2 Å². The van der Waals surface area contributed by atoms with Crippen LogP contribution in [0, 0.1) is 5.92 Å². The molecule has 1 aromatic carbocycles. The van der Waals surface area contributed by atoms with Gasteiger partial charge < -0.3 is 14.4 Å². The molecule has 0 radical (unpaired) electrons. The van der Waals surface area contributed by atoms with E-state index in [4.69, 9.17) is 9.47 Å². The van der Waals surface area contributed by atoms with Crippen LogP contribution in [0.3, 0.4) is 0 Å². The SMILES string of the molecule is C[C@H](C(=O)N1CCOC1=O)[C@@H]1CCCCN1C(=O)OCc1ccccc1. The number of likely N-dealkylation sites (tertiary alicyclic amines) is 1. The lowest BCUT2D eigenvalue weighted by Crippen LogP contribution is -2.51. The minimum absolute atomic E-state index is 0.198. The van der Waals surface area contributed by atoms with E-state index in [-0.39, 0.29) is 31.7 Å². The molecule has 0 saturated carbocycles. The number of hydrogen-bond donors (Lipinski definition) is 0. The maximum atomic E-state index is 12.6. The highest BCUT2D eigenvalue weighted by Gasteiger charge is 2.39. The maximum Gasteiger partial charge on any atom is 0.416 e. The van der Waals surface area contributed by atoms with Crippen LogP contribution in [0.5, 0.6) is 0 Å². The quantitative estimate of drug-likeness (QED) is 0.825. The second kappa shape index (κ2) is 8.21. The lowest BCUT2D eigenvalue weighted by molar-refractivity contribution is -0.133. The number of rotatable bonds is 4. The molecule has 3 amide bonds. The van der Waals surface area contributed by atoms with Gasteiger partial charge in [-0.1, -0.05) is 37.3 Å². The van der Waals surface area contributed by atoms with Crippen molar-refractivity contribution in [1.29, 1.82) is 0 Å². The molecule has 2 saturated heterocycles. The molecule has 3 rings (SSSR count). The predicted octanol–water partition coefficient (Wildman–Crippen LogP) is 2.79. The molecular weight excluding hydrogens is 336 g/mol. The average Bonchev–Trinajstić information content (AvgIpc) is 3.11. The van der Waals surface area contributed by atoms with E-state index >= 15 is 0 Å². The summed E-state index contributed by atoms with van der Waals surface area (Å²) in [7, 11) is 0. The van der Waals surface area contributed by atoms with Crippen molar-refractivity contribution in [1.82, 2.24) is 9.80 Å². The van der Waals surface area contributed by atoms with E-state index in [1.165, 1.54) is 0 Å². The van der Waals surface area contributed by atoms with Gasteiger partial charge in [0, 0.05) is 12.6 Å². The van der Waals surface area contributed by atoms with Gasteiger partial charge in [0.15, 0.2) is 0 Å². The highest BCUT2D eigenvalue weighted by Crippen LogP contribution is 2.26. The third-order valence-electron chi connectivity index (χ3n) is 4.98. The van der Waals surface area contributed by atoms with Crippen molar-refractivity contribution in [3.05, 3.63) is 35.9 Å². The maximum absolute atomic E-state index is 12.6. The van der Waals surface area contributed by atoms with Crippen LogP contribution in [0.15, 0.2) is 30.3 Å². The lowest BCUT2D eigenvalue weighted by atomic mass is 9.91. The molecule has 2 aliphatic heterocycles. The monoisotopic (exact) mass is 360 g/mol. The van der Waals surface area contributed by atoms with E-state index in [0.29, 0.717) is 6.54 Å². The number of carbonyl (C=O) groups is 3. The predicted molar refractivity (Wildman–Crippen MR) is 93.2 cm³/mol. The van der Waals surface area contributed by atoms with E-state index in [2.05, 4.69) is 0 Å². The van der Waals surface area contributed by atoms with Crippen LogP contribution in [0.1, 0.15) is 31.7 Å². The molecule has 0 N–H and O–H groups in total. The summed E-state index contributed by atoms with van der Waals surface area (Å²) >= 11 is 0. The molecule has 26 heavy (non-hydrogen) atoms. The summed E-state index contributed by atoms with van der Waals surface area (Å²) in [5.41, 5.74) is 0.915. The zero-order chi connectivity index (χ0) is 18.5. The van der Waals surface area contributed by atoms with E-state index in [0.717, 1.165) is 29.7 Å². The third kappa shape index (κ3) is 3.98. The minimum Gasteiger partial charge on any atom is -0.447 e. The fourth-order valence-electron chi connectivity index (χ4n) is 3.51. The number of carbonyl (C=O) groups excluding carboxylic acids is 3. The molecule has 2 heterocycles. The van der Waals surface area contributed by atoms with Crippen molar-refractivity contribution < 1.29 is 23.9 Å². The summed E-state index contributed by atoms with van der Waals surface area (Å²) in [6.07, 6.45) is 1.52. The molecule has 7 nitrogen and oxygen atoms in total. The van der Waals surface area contributed by atoms with Crippen LogP contribution < -0.4 is 0 Å². The summed E-state index contributed by atoms with van der Waals surface area (Å²) in [6.45, 7) is 3.02. The second-order valence-corrected chi connectivity index (χ2v) is 6.69. The van der Waals surface area contributed by atoms with Crippen molar-refractivity contribution in [3.8, 4) is 0 Å². The minimum atomic E-state index is -0.601. The molecule has 0 unspecified atom stereocenters. The Morgan fingerprint density at radius 1 is 1.23 bits per heavy atom. The van der Waals surface area contributed by atoms with Gasteiger partial charge in [-0.2, -0.15) is 0 Å². The highest BCUT2D eigenvalue weighted by molar-refractivity contribution is 5.94. The van der Waals surface area contributed by atoms with Gasteiger partial charge in [-0.05, 0) is 24.8 Å². The van der Waals surface area contributed by atoms with Gasteiger partial charge in [-0.25, -0.2) is 14.5 Å².